The summed E-state index contributed by atoms with van der Waals surface area (Å²) in [5, 5.41) is 7.42. The summed E-state index contributed by atoms with van der Waals surface area (Å²) in [5.74, 6) is 0.829. The molecule has 1 N–H and O–H groups in total. The summed E-state index contributed by atoms with van der Waals surface area (Å²) in [6.07, 6.45) is 13.6. The fraction of sp³-hybridized carbons (Fsp3) is 0.0870. The SMILES string of the molecule is COc1ccc(Br)c(/C=C/c2cc(/C=C/c3ccc4c(c3)CC=C4)n[nH]2)c1. The first kappa shape index (κ1) is 17.6. The molecule has 3 aromatic rings. The van der Waals surface area contributed by atoms with Crippen molar-refractivity contribution in [2.75, 3.05) is 7.11 Å². The summed E-state index contributed by atoms with van der Waals surface area (Å²) in [5.41, 5.74) is 6.79. The van der Waals surface area contributed by atoms with E-state index in [0.717, 1.165) is 33.6 Å². The molecule has 4 heteroatoms. The highest BCUT2D eigenvalue weighted by Gasteiger charge is 2.04. The van der Waals surface area contributed by atoms with Crippen LogP contribution in [-0.2, 0) is 6.42 Å². The minimum atomic E-state index is 0.829. The van der Waals surface area contributed by atoms with Crippen molar-refractivity contribution in [3.8, 4) is 5.75 Å². The van der Waals surface area contributed by atoms with Crippen LogP contribution in [0.3, 0.4) is 0 Å². The van der Waals surface area contributed by atoms with Gasteiger partial charge in [0.25, 0.3) is 0 Å². The van der Waals surface area contributed by atoms with Crippen LogP contribution in [0.25, 0.3) is 30.4 Å². The molecule has 1 aliphatic carbocycles. The molecule has 0 unspecified atom stereocenters. The molecule has 1 aliphatic rings. The normalized spacial score (nSPS) is 13.0. The number of aromatic nitrogens is 2. The number of benzene rings is 2. The number of allylic oxidation sites excluding steroid dienone is 1. The minimum absolute atomic E-state index is 0.829. The number of rotatable bonds is 5. The van der Waals surface area contributed by atoms with E-state index in [2.05, 4.69) is 62.6 Å². The van der Waals surface area contributed by atoms with Crippen molar-refractivity contribution in [3.05, 3.63) is 86.7 Å². The fourth-order valence-corrected chi connectivity index (χ4v) is 3.42. The number of ether oxygens (including phenoxy) is 1. The Morgan fingerprint density at radius 2 is 1.96 bits per heavy atom. The quantitative estimate of drug-likeness (QED) is 0.544. The van der Waals surface area contributed by atoms with Gasteiger partial charge in [-0.2, -0.15) is 5.10 Å². The molecule has 134 valence electrons. The van der Waals surface area contributed by atoms with Crippen molar-refractivity contribution in [1.82, 2.24) is 10.2 Å². The predicted molar refractivity (Wildman–Crippen MR) is 116 cm³/mol. The highest BCUT2D eigenvalue weighted by Crippen LogP contribution is 2.24. The van der Waals surface area contributed by atoms with E-state index < -0.39 is 0 Å². The zero-order valence-corrected chi connectivity index (χ0v) is 16.5. The van der Waals surface area contributed by atoms with Crippen LogP contribution in [0, 0.1) is 0 Å². The lowest BCUT2D eigenvalue weighted by Gasteiger charge is -2.02. The molecule has 27 heavy (non-hydrogen) atoms. The van der Waals surface area contributed by atoms with E-state index in [1.165, 1.54) is 16.7 Å². The summed E-state index contributed by atoms with van der Waals surface area (Å²) < 4.78 is 6.30. The zero-order valence-electron chi connectivity index (χ0n) is 14.9. The minimum Gasteiger partial charge on any atom is -0.497 e. The van der Waals surface area contributed by atoms with E-state index in [0.29, 0.717) is 0 Å². The highest BCUT2D eigenvalue weighted by molar-refractivity contribution is 9.10. The van der Waals surface area contributed by atoms with Gasteiger partial charge < -0.3 is 4.74 Å². The molecule has 0 fully saturated rings. The number of aromatic amines is 1. The van der Waals surface area contributed by atoms with Crippen molar-refractivity contribution in [3.63, 3.8) is 0 Å². The molecule has 0 bridgehead atoms. The number of H-pyrrole nitrogens is 1. The number of nitrogens with zero attached hydrogens (tertiary/aromatic N) is 1. The Morgan fingerprint density at radius 1 is 1.04 bits per heavy atom. The van der Waals surface area contributed by atoms with Gasteiger partial charge in [0.05, 0.1) is 18.5 Å². The van der Waals surface area contributed by atoms with Gasteiger partial charge in [0.15, 0.2) is 0 Å². The predicted octanol–water partition coefficient (Wildman–Crippen LogP) is 6.09. The molecule has 0 saturated carbocycles. The van der Waals surface area contributed by atoms with E-state index in [1.54, 1.807) is 7.11 Å². The van der Waals surface area contributed by atoms with Crippen LogP contribution in [0.5, 0.6) is 5.75 Å². The molecule has 2 aromatic carbocycles. The number of halogens is 1. The van der Waals surface area contributed by atoms with Gasteiger partial charge in [0.1, 0.15) is 5.75 Å². The first-order valence-electron chi connectivity index (χ1n) is 8.76. The zero-order chi connectivity index (χ0) is 18.6. The van der Waals surface area contributed by atoms with Crippen LogP contribution < -0.4 is 4.74 Å². The van der Waals surface area contributed by atoms with Crippen molar-refractivity contribution in [1.29, 1.82) is 0 Å². The Hall–Kier alpha value is -2.85. The van der Waals surface area contributed by atoms with Gasteiger partial charge in [0, 0.05) is 4.47 Å². The molecule has 3 nitrogen and oxygen atoms in total. The highest BCUT2D eigenvalue weighted by atomic mass is 79.9. The summed E-state index contributed by atoms with van der Waals surface area (Å²) >= 11 is 3.56. The molecule has 0 radical (unpaired) electrons. The van der Waals surface area contributed by atoms with Gasteiger partial charge in [-0.15, -0.1) is 0 Å². The van der Waals surface area contributed by atoms with Crippen LogP contribution in [-0.4, -0.2) is 17.3 Å². The van der Waals surface area contributed by atoms with Crippen LogP contribution in [0.15, 0.2) is 53.0 Å². The van der Waals surface area contributed by atoms with Gasteiger partial charge >= 0.3 is 0 Å². The first-order valence-corrected chi connectivity index (χ1v) is 9.55. The third-order valence-electron chi connectivity index (χ3n) is 4.51. The molecular weight excluding hydrogens is 400 g/mol. The van der Waals surface area contributed by atoms with Gasteiger partial charge in [-0.05, 0) is 65.1 Å². The second-order valence-corrected chi connectivity index (χ2v) is 7.22. The topological polar surface area (TPSA) is 37.9 Å². The Balaban J connectivity index is 1.47. The maximum atomic E-state index is 5.28. The van der Waals surface area contributed by atoms with Gasteiger partial charge in [-0.3, -0.25) is 5.10 Å². The molecule has 0 amide bonds. The van der Waals surface area contributed by atoms with E-state index >= 15 is 0 Å². The van der Waals surface area contributed by atoms with E-state index in [1.807, 2.05) is 42.5 Å². The summed E-state index contributed by atoms with van der Waals surface area (Å²) in [4.78, 5) is 0. The third kappa shape index (κ3) is 4.12. The van der Waals surface area contributed by atoms with Crippen LogP contribution in [0.2, 0.25) is 0 Å². The molecule has 4 rings (SSSR count). The van der Waals surface area contributed by atoms with Crippen LogP contribution in [0.4, 0.5) is 0 Å². The first-order chi connectivity index (χ1) is 13.2. The molecule has 0 spiro atoms. The average Bonchev–Trinajstić information content (AvgIpc) is 3.34. The van der Waals surface area contributed by atoms with E-state index in [4.69, 9.17) is 4.74 Å². The second kappa shape index (κ2) is 7.80. The molecular formula is C23H19BrN2O. The number of nitrogens with one attached hydrogen (secondary N) is 1. The number of fused-ring (bicyclic) bond motifs is 1. The smallest absolute Gasteiger partial charge is 0.119 e. The largest absolute Gasteiger partial charge is 0.497 e. The van der Waals surface area contributed by atoms with Gasteiger partial charge in [-0.1, -0.05) is 58.4 Å². The van der Waals surface area contributed by atoms with E-state index in [-0.39, 0.29) is 0 Å². The standard InChI is InChI=1S/C23H19BrN2O/c1-27-22-11-12-23(24)19(14-22)8-10-21-15-20(25-26-21)9-6-16-5-7-17-3-2-4-18(17)13-16/h2-3,5-15H,4H2,1H3,(H,25,26)/b9-6+,10-8+. The maximum absolute atomic E-state index is 5.28. The van der Waals surface area contributed by atoms with Gasteiger partial charge in [0.2, 0.25) is 0 Å². The molecule has 1 heterocycles. The summed E-state index contributed by atoms with van der Waals surface area (Å²) in [6, 6.07) is 14.5. The van der Waals surface area contributed by atoms with Crippen LogP contribution >= 0.6 is 15.9 Å². The Bertz CT molecular complexity index is 1060. The fourth-order valence-electron chi connectivity index (χ4n) is 3.04. The van der Waals surface area contributed by atoms with Crippen molar-refractivity contribution < 1.29 is 4.74 Å². The average molecular weight is 419 g/mol. The lowest BCUT2D eigenvalue weighted by molar-refractivity contribution is 0.414. The Kier molecular flexibility index (Phi) is 5.07. The van der Waals surface area contributed by atoms with E-state index in [9.17, 15) is 0 Å². The molecule has 1 aromatic heterocycles. The summed E-state index contributed by atoms with van der Waals surface area (Å²) in [6.45, 7) is 0. The Labute approximate surface area is 167 Å². The number of methoxy groups -OCH3 is 1. The summed E-state index contributed by atoms with van der Waals surface area (Å²) in [7, 11) is 1.67. The van der Waals surface area contributed by atoms with Crippen LogP contribution in [0.1, 0.15) is 33.6 Å². The van der Waals surface area contributed by atoms with Crippen molar-refractivity contribution in [2.24, 2.45) is 0 Å². The maximum Gasteiger partial charge on any atom is 0.119 e. The monoisotopic (exact) mass is 418 g/mol. The van der Waals surface area contributed by atoms with Crippen molar-refractivity contribution >= 4 is 46.3 Å². The third-order valence-corrected chi connectivity index (χ3v) is 5.23. The molecule has 0 saturated heterocycles. The lowest BCUT2D eigenvalue weighted by atomic mass is 10.1. The second-order valence-electron chi connectivity index (χ2n) is 6.37. The molecule has 0 aliphatic heterocycles. The lowest BCUT2D eigenvalue weighted by Crippen LogP contribution is -1.84. The Morgan fingerprint density at radius 3 is 2.85 bits per heavy atom. The number of hydrogen-bond donors (Lipinski definition) is 1. The number of hydrogen-bond acceptors (Lipinski definition) is 2. The van der Waals surface area contributed by atoms with Crippen molar-refractivity contribution in [2.45, 2.75) is 6.42 Å². The van der Waals surface area contributed by atoms with Gasteiger partial charge in [-0.25, -0.2) is 0 Å². The molecule has 0 atom stereocenters.